The lowest BCUT2D eigenvalue weighted by Crippen LogP contribution is -2.18. The second kappa shape index (κ2) is 6.25. The minimum absolute atomic E-state index is 0.0794. The molecule has 0 fully saturated rings. The molecular weight excluding hydrogens is 218 g/mol. The van der Waals surface area contributed by atoms with Gasteiger partial charge < -0.3 is 15.2 Å². The summed E-state index contributed by atoms with van der Waals surface area (Å²) in [6.07, 6.45) is 0.636. The summed E-state index contributed by atoms with van der Waals surface area (Å²) in [4.78, 5) is 10.9. The van der Waals surface area contributed by atoms with Crippen LogP contribution in [0.3, 0.4) is 0 Å². The summed E-state index contributed by atoms with van der Waals surface area (Å²) >= 11 is 0. The first-order valence-electron chi connectivity index (χ1n) is 5.58. The first-order chi connectivity index (χ1) is 8.08. The highest BCUT2D eigenvalue weighted by Crippen LogP contribution is 2.25. The van der Waals surface area contributed by atoms with Crippen LogP contribution in [0.25, 0.3) is 0 Å². The van der Waals surface area contributed by atoms with Crippen LogP contribution in [0.2, 0.25) is 0 Å². The molecule has 0 heterocycles. The Morgan fingerprint density at radius 3 is 2.65 bits per heavy atom. The van der Waals surface area contributed by atoms with E-state index in [9.17, 15) is 4.79 Å². The maximum absolute atomic E-state index is 10.9. The van der Waals surface area contributed by atoms with Crippen molar-refractivity contribution in [3.05, 3.63) is 28.8 Å². The van der Waals surface area contributed by atoms with Crippen LogP contribution < -0.4 is 10.5 Å². The molecule has 0 aromatic heterocycles. The van der Waals surface area contributed by atoms with Gasteiger partial charge in [-0.3, -0.25) is 4.79 Å². The van der Waals surface area contributed by atoms with Gasteiger partial charge in [-0.1, -0.05) is 17.7 Å². The number of esters is 1. The van der Waals surface area contributed by atoms with Crippen LogP contribution in [0.4, 0.5) is 0 Å². The van der Waals surface area contributed by atoms with Crippen molar-refractivity contribution in [1.29, 1.82) is 0 Å². The Kier molecular flexibility index (Phi) is 4.97. The van der Waals surface area contributed by atoms with Crippen LogP contribution in [0.1, 0.15) is 16.7 Å². The molecule has 4 heteroatoms. The predicted octanol–water partition coefficient (Wildman–Crippen LogP) is 1.36. The van der Waals surface area contributed by atoms with Gasteiger partial charge in [0.2, 0.25) is 0 Å². The van der Waals surface area contributed by atoms with Crippen molar-refractivity contribution in [3.8, 4) is 5.75 Å². The van der Waals surface area contributed by atoms with E-state index in [4.69, 9.17) is 15.2 Å². The van der Waals surface area contributed by atoms with Crippen molar-refractivity contribution >= 4 is 5.97 Å². The maximum Gasteiger partial charge on any atom is 0.319 e. The molecule has 0 aliphatic heterocycles. The topological polar surface area (TPSA) is 61.5 Å². The molecule has 1 aromatic rings. The van der Waals surface area contributed by atoms with Gasteiger partial charge in [0, 0.05) is 6.42 Å². The van der Waals surface area contributed by atoms with Crippen molar-refractivity contribution in [3.63, 3.8) is 0 Å². The fraction of sp³-hybridized carbons (Fsp3) is 0.462. The van der Waals surface area contributed by atoms with Crippen molar-refractivity contribution < 1.29 is 14.3 Å². The molecular formula is C13H19NO3. The summed E-state index contributed by atoms with van der Waals surface area (Å²) in [5.41, 5.74) is 8.47. The third-order valence-electron chi connectivity index (χ3n) is 2.50. The average molecular weight is 237 g/mol. The van der Waals surface area contributed by atoms with Gasteiger partial charge in [0.15, 0.2) is 0 Å². The minimum atomic E-state index is -0.381. The zero-order valence-corrected chi connectivity index (χ0v) is 10.6. The number of methoxy groups -OCH3 is 1. The molecule has 0 aliphatic carbocycles. The van der Waals surface area contributed by atoms with Gasteiger partial charge in [-0.15, -0.1) is 0 Å². The van der Waals surface area contributed by atoms with Gasteiger partial charge in [0.1, 0.15) is 5.75 Å². The lowest BCUT2D eigenvalue weighted by Gasteiger charge is -2.12. The van der Waals surface area contributed by atoms with Crippen molar-refractivity contribution in [1.82, 2.24) is 0 Å². The molecule has 4 nitrogen and oxygen atoms in total. The van der Waals surface area contributed by atoms with E-state index >= 15 is 0 Å². The van der Waals surface area contributed by atoms with E-state index in [1.807, 2.05) is 19.9 Å². The zero-order chi connectivity index (χ0) is 12.8. The number of aryl methyl sites for hydroxylation is 2. The number of benzene rings is 1. The van der Waals surface area contributed by atoms with E-state index in [-0.39, 0.29) is 12.5 Å². The van der Waals surface area contributed by atoms with Crippen LogP contribution in [-0.2, 0) is 16.0 Å². The van der Waals surface area contributed by atoms with Gasteiger partial charge in [-0.05, 0) is 25.0 Å². The van der Waals surface area contributed by atoms with Crippen molar-refractivity contribution in [2.24, 2.45) is 5.73 Å². The first kappa shape index (κ1) is 13.5. The Morgan fingerprint density at radius 2 is 2.06 bits per heavy atom. The Balaban J connectivity index is 2.72. The second-order valence-corrected chi connectivity index (χ2v) is 3.95. The Bertz CT molecular complexity index is 402. The molecule has 1 rings (SSSR count). The smallest absolute Gasteiger partial charge is 0.319 e. The number of hydrogen-bond donors (Lipinski definition) is 1. The number of ether oxygens (including phenoxy) is 2. The number of carbonyl (C=O) groups is 1. The molecule has 0 unspecified atom stereocenters. The van der Waals surface area contributed by atoms with Crippen molar-refractivity contribution in [2.75, 3.05) is 20.3 Å². The summed E-state index contributed by atoms with van der Waals surface area (Å²) in [5, 5.41) is 0. The standard InChI is InChI=1S/C13H19NO3/c1-9-6-10(2)13(16-3)11(7-9)4-5-17-12(15)8-14/h6-7H,4-5,8,14H2,1-3H3. The monoisotopic (exact) mass is 237 g/mol. The van der Waals surface area contributed by atoms with Gasteiger partial charge in [0.25, 0.3) is 0 Å². The van der Waals surface area contributed by atoms with E-state index in [1.165, 1.54) is 5.56 Å². The lowest BCUT2D eigenvalue weighted by atomic mass is 10.0. The lowest BCUT2D eigenvalue weighted by molar-refractivity contribution is -0.141. The van der Waals surface area contributed by atoms with E-state index < -0.39 is 0 Å². The zero-order valence-electron chi connectivity index (χ0n) is 10.6. The van der Waals surface area contributed by atoms with Crippen LogP contribution in [-0.4, -0.2) is 26.2 Å². The van der Waals surface area contributed by atoms with Gasteiger partial charge in [-0.2, -0.15) is 0 Å². The van der Waals surface area contributed by atoms with Gasteiger partial charge in [-0.25, -0.2) is 0 Å². The van der Waals surface area contributed by atoms with Gasteiger partial charge in [0.05, 0.1) is 20.3 Å². The summed E-state index contributed by atoms with van der Waals surface area (Å²) in [6.45, 7) is 4.28. The van der Waals surface area contributed by atoms with Crippen LogP contribution in [0.15, 0.2) is 12.1 Å². The van der Waals surface area contributed by atoms with Gasteiger partial charge >= 0.3 is 5.97 Å². The third-order valence-corrected chi connectivity index (χ3v) is 2.50. The molecule has 0 radical (unpaired) electrons. The number of carbonyl (C=O) groups excluding carboxylic acids is 1. The molecule has 17 heavy (non-hydrogen) atoms. The number of nitrogens with two attached hydrogens (primary N) is 1. The fourth-order valence-electron chi connectivity index (χ4n) is 1.85. The SMILES string of the molecule is COc1c(C)cc(C)cc1CCOC(=O)CN. The van der Waals surface area contributed by atoms with E-state index in [0.717, 1.165) is 16.9 Å². The van der Waals surface area contributed by atoms with Crippen molar-refractivity contribution in [2.45, 2.75) is 20.3 Å². The van der Waals surface area contributed by atoms with Crippen LogP contribution in [0, 0.1) is 13.8 Å². The van der Waals surface area contributed by atoms with Crippen LogP contribution >= 0.6 is 0 Å². The summed E-state index contributed by atoms with van der Waals surface area (Å²) in [5.74, 6) is 0.479. The summed E-state index contributed by atoms with van der Waals surface area (Å²) in [7, 11) is 1.65. The third kappa shape index (κ3) is 3.75. The molecule has 0 bridgehead atoms. The number of hydrogen-bond acceptors (Lipinski definition) is 4. The Hall–Kier alpha value is -1.55. The van der Waals surface area contributed by atoms with E-state index in [1.54, 1.807) is 7.11 Å². The summed E-state index contributed by atoms with van der Waals surface area (Å²) < 4.78 is 10.3. The van der Waals surface area contributed by atoms with Crippen LogP contribution in [0.5, 0.6) is 5.75 Å². The molecule has 0 amide bonds. The highest BCUT2D eigenvalue weighted by Gasteiger charge is 2.08. The highest BCUT2D eigenvalue weighted by molar-refractivity contribution is 5.71. The largest absolute Gasteiger partial charge is 0.496 e. The Labute approximate surface area is 102 Å². The molecule has 0 atom stereocenters. The molecule has 0 saturated heterocycles. The molecule has 1 aromatic carbocycles. The highest BCUT2D eigenvalue weighted by atomic mass is 16.5. The second-order valence-electron chi connectivity index (χ2n) is 3.95. The average Bonchev–Trinajstić information content (AvgIpc) is 2.28. The first-order valence-corrected chi connectivity index (χ1v) is 5.58. The molecule has 2 N–H and O–H groups in total. The Morgan fingerprint density at radius 1 is 1.35 bits per heavy atom. The molecule has 94 valence electrons. The minimum Gasteiger partial charge on any atom is -0.496 e. The normalized spacial score (nSPS) is 10.1. The van der Waals surface area contributed by atoms with E-state index in [2.05, 4.69) is 6.07 Å². The quantitative estimate of drug-likeness (QED) is 0.785. The number of rotatable bonds is 5. The molecule has 0 aliphatic rings. The summed E-state index contributed by atoms with van der Waals surface area (Å²) in [6, 6.07) is 4.11. The fourth-order valence-corrected chi connectivity index (χ4v) is 1.85. The van der Waals surface area contributed by atoms with E-state index in [0.29, 0.717) is 13.0 Å². The maximum atomic E-state index is 10.9. The molecule has 0 spiro atoms. The molecule has 0 saturated carbocycles. The predicted molar refractivity (Wildman–Crippen MR) is 66.2 cm³/mol.